The number of pyridine rings is 1. The lowest BCUT2D eigenvalue weighted by Gasteiger charge is -2.38. The van der Waals surface area contributed by atoms with E-state index in [2.05, 4.69) is 21.8 Å². The largest absolute Gasteiger partial charge is 0.456 e. The van der Waals surface area contributed by atoms with E-state index in [1.54, 1.807) is 18.5 Å². The molecule has 1 aromatic carbocycles. The Balaban J connectivity index is 1.34. The summed E-state index contributed by atoms with van der Waals surface area (Å²) in [6.07, 6.45) is 5.41. The number of likely N-dealkylation sites (N-methyl/N-ethyl adjacent to an activating group) is 1. The highest BCUT2D eigenvalue weighted by Gasteiger charge is 2.27. The number of rotatable bonds is 5. The lowest BCUT2D eigenvalue weighted by atomic mass is 9.95. The summed E-state index contributed by atoms with van der Waals surface area (Å²) in [4.78, 5) is 24.2. The zero-order valence-electron chi connectivity index (χ0n) is 17.2. The van der Waals surface area contributed by atoms with Crippen molar-refractivity contribution in [2.45, 2.75) is 12.8 Å². The predicted molar refractivity (Wildman–Crippen MR) is 113 cm³/mol. The van der Waals surface area contributed by atoms with Gasteiger partial charge in [0, 0.05) is 58.2 Å². The standard InChI is InChI=1S/C23H30N4O2/c1-25-13-15-26(16-14-25)18-19-8-11-27(12-9-19)23(28)21-17-24-10-7-22(21)29-20-5-3-2-4-6-20/h2-7,10,17,19H,8-9,11-16,18H2,1H3. The fourth-order valence-corrected chi connectivity index (χ4v) is 4.13. The first kappa shape index (κ1) is 19.9. The van der Waals surface area contributed by atoms with Gasteiger partial charge in [-0.15, -0.1) is 0 Å². The second kappa shape index (κ2) is 9.37. The number of piperazine rings is 1. The SMILES string of the molecule is CN1CCN(CC2CCN(C(=O)c3cnccc3Oc3ccccc3)CC2)CC1. The molecule has 0 saturated carbocycles. The highest BCUT2D eigenvalue weighted by Crippen LogP contribution is 2.27. The third kappa shape index (κ3) is 5.14. The summed E-state index contributed by atoms with van der Waals surface area (Å²) in [6.45, 7) is 7.39. The maximum atomic E-state index is 13.1. The molecule has 2 aliphatic heterocycles. The second-order valence-corrected chi connectivity index (χ2v) is 8.13. The van der Waals surface area contributed by atoms with E-state index in [1.807, 2.05) is 35.2 Å². The van der Waals surface area contributed by atoms with Gasteiger partial charge in [-0.2, -0.15) is 0 Å². The lowest BCUT2D eigenvalue weighted by Crippen LogP contribution is -2.48. The van der Waals surface area contributed by atoms with Crippen molar-refractivity contribution in [2.24, 2.45) is 5.92 Å². The molecule has 0 spiro atoms. The molecule has 2 saturated heterocycles. The first-order chi connectivity index (χ1) is 14.2. The number of para-hydroxylation sites is 1. The zero-order chi connectivity index (χ0) is 20.1. The van der Waals surface area contributed by atoms with Crippen molar-refractivity contribution in [3.05, 3.63) is 54.4 Å². The van der Waals surface area contributed by atoms with Gasteiger partial charge < -0.3 is 19.4 Å². The molecule has 2 aliphatic rings. The summed E-state index contributed by atoms with van der Waals surface area (Å²) in [6, 6.07) is 11.3. The van der Waals surface area contributed by atoms with Crippen LogP contribution < -0.4 is 4.74 Å². The number of likely N-dealkylation sites (tertiary alicyclic amines) is 1. The van der Waals surface area contributed by atoms with E-state index in [1.165, 1.54) is 0 Å². The predicted octanol–water partition coefficient (Wildman–Crippen LogP) is 2.97. The molecular formula is C23H30N4O2. The Bertz CT molecular complexity index is 798. The number of hydrogen-bond acceptors (Lipinski definition) is 5. The second-order valence-electron chi connectivity index (χ2n) is 8.13. The number of piperidine rings is 1. The molecule has 0 aliphatic carbocycles. The molecule has 6 nitrogen and oxygen atoms in total. The van der Waals surface area contributed by atoms with E-state index >= 15 is 0 Å². The number of amides is 1. The Morgan fingerprint density at radius 1 is 1.03 bits per heavy atom. The molecule has 2 fully saturated rings. The van der Waals surface area contributed by atoms with Gasteiger partial charge in [0.2, 0.25) is 0 Å². The van der Waals surface area contributed by atoms with Crippen molar-refractivity contribution < 1.29 is 9.53 Å². The molecule has 0 atom stereocenters. The van der Waals surface area contributed by atoms with Crippen molar-refractivity contribution in [3.8, 4) is 11.5 Å². The normalized spacial score (nSPS) is 19.3. The highest BCUT2D eigenvalue weighted by atomic mass is 16.5. The minimum Gasteiger partial charge on any atom is -0.456 e. The van der Waals surface area contributed by atoms with E-state index in [9.17, 15) is 4.79 Å². The average Bonchev–Trinajstić information content (AvgIpc) is 2.77. The molecule has 0 radical (unpaired) electrons. The number of nitrogens with zero attached hydrogens (tertiary/aromatic N) is 4. The van der Waals surface area contributed by atoms with Crippen molar-refractivity contribution in [1.29, 1.82) is 0 Å². The number of carbonyl (C=O) groups excluding carboxylic acids is 1. The fraction of sp³-hybridized carbons (Fsp3) is 0.478. The van der Waals surface area contributed by atoms with Gasteiger partial charge in [0.05, 0.1) is 0 Å². The van der Waals surface area contributed by atoms with Crippen molar-refractivity contribution in [3.63, 3.8) is 0 Å². The lowest BCUT2D eigenvalue weighted by molar-refractivity contribution is 0.0641. The molecule has 0 N–H and O–H groups in total. The van der Waals surface area contributed by atoms with Crippen LogP contribution in [-0.4, -0.2) is 78.5 Å². The molecular weight excluding hydrogens is 364 g/mol. The van der Waals surface area contributed by atoms with Crippen LogP contribution >= 0.6 is 0 Å². The minimum absolute atomic E-state index is 0.0158. The number of hydrogen-bond donors (Lipinski definition) is 0. The van der Waals surface area contributed by atoms with Crippen LogP contribution in [0.4, 0.5) is 0 Å². The quantitative estimate of drug-likeness (QED) is 0.780. The Morgan fingerprint density at radius 3 is 2.48 bits per heavy atom. The van der Waals surface area contributed by atoms with Crippen LogP contribution in [0.2, 0.25) is 0 Å². The van der Waals surface area contributed by atoms with E-state index < -0.39 is 0 Å². The maximum Gasteiger partial charge on any atom is 0.259 e. The minimum atomic E-state index is 0.0158. The maximum absolute atomic E-state index is 13.1. The molecule has 1 amide bonds. The molecule has 29 heavy (non-hydrogen) atoms. The highest BCUT2D eigenvalue weighted by molar-refractivity contribution is 5.96. The first-order valence-corrected chi connectivity index (χ1v) is 10.6. The van der Waals surface area contributed by atoms with Gasteiger partial charge in [-0.3, -0.25) is 9.78 Å². The van der Waals surface area contributed by atoms with E-state index in [0.29, 0.717) is 17.2 Å². The van der Waals surface area contributed by atoms with Crippen molar-refractivity contribution in [1.82, 2.24) is 19.7 Å². The monoisotopic (exact) mass is 394 g/mol. The Labute approximate surface area is 173 Å². The summed E-state index contributed by atoms with van der Waals surface area (Å²) in [5.41, 5.74) is 0.536. The first-order valence-electron chi connectivity index (χ1n) is 10.6. The topological polar surface area (TPSA) is 48.9 Å². The van der Waals surface area contributed by atoms with Gasteiger partial charge in [-0.1, -0.05) is 18.2 Å². The van der Waals surface area contributed by atoms with Gasteiger partial charge in [0.25, 0.3) is 5.91 Å². The molecule has 6 heteroatoms. The molecule has 2 aromatic rings. The van der Waals surface area contributed by atoms with Crippen LogP contribution in [0, 0.1) is 5.92 Å². The van der Waals surface area contributed by atoms with Crippen LogP contribution in [0.5, 0.6) is 11.5 Å². The summed E-state index contributed by atoms with van der Waals surface area (Å²) in [5, 5.41) is 0. The van der Waals surface area contributed by atoms with Crippen LogP contribution in [0.15, 0.2) is 48.8 Å². The third-order valence-electron chi connectivity index (χ3n) is 6.00. The van der Waals surface area contributed by atoms with E-state index in [4.69, 9.17) is 4.74 Å². The summed E-state index contributed by atoms with van der Waals surface area (Å²) < 4.78 is 5.95. The van der Waals surface area contributed by atoms with Gasteiger partial charge in [0.15, 0.2) is 0 Å². The van der Waals surface area contributed by atoms with Gasteiger partial charge in [0.1, 0.15) is 17.1 Å². The summed E-state index contributed by atoms with van der Waals surface area (Å²) in [7, 11) is 2.19. The smallest absolute Gasteiger partial charge is 0.259 e. The molecule has 0 unspecified atom stereocenters. The Hall–Kier alpha value is -2.44. The number of benzene rings is 1. The number of carbonyl (C=O) groups is 1. The summed E-state index contributed by atoms with van der Waals surface area (Å²) in [5.74, 6) is 1.98. The van der Waals surface area contributed by atoms with Crippen LogP contribution in [0.1, 0.15) is 23.2 Å². The molecule has 1 aromatic heterocycles. The van der Waals surface area contributed by atoms with Gasteiger partial charge in [-0.05, 0) is 44.0 Å². The van der Waals surface area contributed by atoms with Crippen LogP contribution in [-0.2, 0) is 0 Å². The van der Waals surface area contributed by atoms with E-state index in [0.717, 1.165) is 64.4 Å². The Morgan fingerprint density at radius 2 is 1.76 bits per heavy atom. The van der Waals surface area contributed by atoms with Gasteiger partial charge in [-0.25, -0.2) is 0 Å². The number of ether oxygens (including phenoxy) is 1. The number of aromatic nitrogens is 1. The summed E-state index contributed by atoms with van der Waals surface area (Å²) >= 11 is 0. The molecule has 4 rings (SSSR count). The van der Waals surface area contributed by atoms with Crippen LogP contribution in [0.3, 0.4) is 0 Å². The van der Waals surface area contributed by atoms with Crippen molar-refractivity contribution >= 4 is 5.91 Å². The average molecular weight is 395 g/mol. The fourth-order valence-electron chi connectivity index (χ4n) is 4.13. The third-order valence-corrected chi connectivity index (χ3v) is 6.00. The van der Waals surface area contributed by atoms with Crippen LogP contribution in [0.25, 0.3) is 0 Å². The Kier molecular flexibility index (Phi) is 6.42. The van der Waals surface area contributed by atoms with Crippen molar-refractivity contribution in [2.75, 3.05) is 52.9 Å². The van der Waals surface area contributed by atoms with Gasteiger partial charge >= 0.3 is 0 Å². The molecule has 154 valence electrons. The van der Waals surface area contributed by atoms with E-state index in [-0.39, 0.29) is 5.91 Å². The molecule has 0 bridgehead atoms. The molecule has 3 heterocycles. The zero-order valence-corrected chi connectivity index (χ0v) is 17.2.